The van der Waals surface area contributed by atoms with Crippen molar-refractivity contribution in [1.29, 1.82) is 0 Å². The Balaban J connectivity index is 1.67. The van der Waals surface area contributed by atoms with Crippen LogP contribution in [0.3, 0.4) is 0 Å². The average molecular weight is 348 g/mol. The molecule has 2 heterocycles. The Morgan fingerprint density at radius 3 is 2.88 bits per heavy atom. The Morgan fingerprint density at radius 2 is 2.17 bits per heavy atom. The Hall–Kier alpha value is -1.70. The molecule has 1 N–H and O–H groups in total. The summed E-state index contributed by atoms with van der Waals surface area (Å²) in [6.07, 6.45) is 4.54. The predicted molar refractivity (Wildman–Crippen MR) is 94.9 cm³/mol. The van der Waals surface area contributed by atoms with E-state index in [1.807, 2.05) is 32.4 Å². The van der Waals surface area contributed by atoms with Crippen LogP contribution >= 0.6 is 0 Å². The fourth-order valence-corrected chi connectivity index (χ4v) is 4.65. The van der Waals surface area contributed by atoms with Crippen molar-refractivity contribution in [3.8, 4) is 11.1 Å². The number of aryl methyl sites for hydroxylation is 1. The molecule has 0 saturated carbocycles. The molecule has 1 fully saturated rings. The highest BCUT2D eigenvalue weighted by Crippen LogP contribution is 2.22. The minimum atomic E-state index is -3.19. The minimum Gasteiger partial charge on any atom is -0.298 e. The van der Waals surface area contributed by atoms with E-state index in [0.717, 1.165) is 24.2 Å². The number of benzene rings is 1. The van der Waals surface area contributed by atoms with Gasteiger partial charge in [-0.1, -0.05) is 25.1 Å². The van der Waals surface area contributed by atoms with Gasteiger partial charge in [0.05, 0.1) is 11.4 Å². The first-order valence-corrected chi connectivity index (χ1v) is 9.81. The Bertz CT molecular complexity index is 800. The van der Waals surface area contributed by atoms with Gasteiger partial charge in [0, 0.05) is 38.4 Å². The highest BCUT2D eigenvalue weighted by Gasteiger charge is 2.32. The van der Waals surface area contributed by atoms with E-state index in [-0.39, 0.29) is 5.25 Å². The van der Waals surface area contributed by atoms with Crippen LogP contribution in [0.4, 0.5) is 0 Å². The highest BCUT2D eigenvalue weighted by atomic mass is 32.2. The van der Waals surface area contributed by atoms with Crippen LogP contribution in [-0.4, -0.2) is 48.0 Å². The molecule has 0 aliphatic carbocycles. The van der Waals surface area contributed by atoms with Crippen LogP contribution in [0, 0.1) is 0 Å². The summed E-state index contributed by atoms with van der Waals surface area (Å²) in [5, 5.41) is 3.91. The Morgan fingerprint density at radius 1 is 1.33 bits per heavy atom. The zero-order valence-electron chi connectivity index (χ0n) is 14.1. The van der Waals surface area contributed by atoms with Crippen LogP contribution in [0.25, 0.3) is 11.1 Å². The lowest BCUT2D eigenvalue weighted by Crippen LogP contribution is -2.36. The maximum absolute atomic E-state index is 12.1. The minimum absolute atomic E-state index is 0.307. The SMILES string of the molecule is CCNS(=O)(=O)C1CCN(Cc2cccc(-c3cnn(C)c3)c2)C1. The highest BCUT2D eigenvalue weighted by molar-refractivity contribution is 7.90. The molecule has 0 spiro atoms. The van der Waals surface area contributed by atoms with Gasteiger partial charge in [0.1, 0.15) is 0 Å². The van der Waals surface area contributed by atoms with Crippen molar-refractivity contribution in [2.24, 2.45) is 7.05 Å². The summed E-state index contributed by atoms with van der Waals surface area (Å²) in [6.45, 7) is 4.44. The maximum atomic E-state index is 12.1. The predicted octanol–water partition coefficient (Wildman–Crippen LogP) is 1.60. The number of likely N-dealkylation sites (tertiary alicyclic amines) is 1. The van der Waals surface area contributed by atoms with E-state index in [0.29, 0.717) is 19.5 Å². The van der Waals surface area contributed by atoms with Gasteiger partial charge >= 0.3 is 0 Å². The molecule has 2 aromatic rings. The molecular weight excluding hydrogens is 324 g/mol. The molecule has 1 aromatic heterocycles. The van der Waals surface area contributed by atoms with Crippen molar-refractivity contribution in [2.45, 2.75) is 25.1 Å². The van der Waals surface area contributed by atoms with E-state index >= 15 is 0 Å². The molecule has 1 aromatic carbocycles. The molecule has 1 aliphatic rings. The van der Waals surface area contributed by atoms with Crippen molar-refractivity contribution >= 4 is 10.0 Å². The topological polar surface area (TPSA) is 67.2 Å². The van der Waals surface area contributed by atoms with Crippen molar-refractivity contribution in [3.05, 3.63) is 42.2 Å². The second-order valence-corrected chi connectivity index (χ2v) is 8.34. The molecule has 0 amide bonds. The fraction of sp³-hybridized carbons (Fsp3) is 0.471. The van der Waals surface area contributed by atoms with Gasteiger partial charge in [-0.15, -0.1) is 0 Å². The molecule has 24 heavy (non-hydrogen) atoms. The van der Waals surface area contributed by atoms with Gasteiger partial charge in [-0.2, -0.15) is 5.10 Å². The van der Waals surface area contributed by atoms with Gasteiger partial charge in [0.2, 0.25) is 10.0 Å². The first-order chi connectivity index (χ1) is 11.5. The summed E-state index contributed by atoms with van der Waals surface area (Å²) in [5.74, 6) is 0. The normalized spacial score (nSPS) is 19.0. The van der Waals surface area contributed by atoms with E-state index in [2.05, 4.69) is 32.9 Å². The molecule has 1 atom stereocenters. The van der Waals surface area contributed by atoms with Crippen molar-refractivity contribution in [2.75, 3.05) is 19.6 Å². The zero-order valence-corrected chi connectivity index (χ0v) is 15.0. The third-order valence-electron chi connectivity index (χ3n) is 4.38. The Kier molecular flexibility index (Phi) is 5.03. The van der Waals surface area contributed by atoms with Gasteiger partial charge in [0.25, 0.3) is 0 Å². The molecular formula is C17H24N4O2S. The fourth-order valence-electron chi connectivity index (χ4n) is 3.19. The van der Waals surface area contributed by atoms with Gasteiger partial charge in [-0.3, -0.25) is 9.58 Å². The lowest BCUT2D eigenvalue weighted by atomic mass is 10.1. The van der Waals surface area contributed by atoms with E-state index in [9.17, 15) is 8.42 Å². The number of hydrogen-bond donors (Lipinski definition) is 1. The molecule has 6 nitrogen and oxygen atoms in total. The number of sulfonamides is 1. The van der Waals surface area contributed by atoms with Crippen LogP contribution in [0.5, 0.6) is 0 Å². The summed E-state index contributed by atoms with van der Waals surface area (Å²) in [7, 11) is -1.28. The van der Waals surface area contributed by atoms with E-state index in [1.54, 1.807) is 4.68 Å². The van der Waals surface area contributed by atoms with Crippen molar-refractivity contribution in [1.82, 2.24) is 19.4 Å². The molecule has 7 heteroatoms. The van der Waals surface area contributed by atoms with Crippen LogP contribution in [0.1, 0.15) is 18.9 Å². The van der Waals surface area contributed by atoms with Crippen molar-refractivity contribution < 1.29 is 8.42 Å². The van der Waals surface area contributed by atoms with Gasteiger partial charge < -0.3 is 0 Å². The summed E-state index contributed by atoms with van der Waals surface area (Å²) >= 11 is 0. The molecule has 1 unspecified atom stereocenters. The number of nitrogens with zero attached hydrogens (tertiary/aromatic N) is 3. The van der Waals surface area contributed by atoms with Gasteiger partial charge in [0.15, 0.2) is 0 Å². The molecule has 0 radical (unpaired) electrons. The molecule has 1 aliphatic heterocycles. The number of nitrogens with one attached hydrogen (secondary N) is 1. The van der Waals surface area contributed by atoms with Crippen LogP contribution in [0.2, 0.25) is 0 Å². The number of aromatic nitrogens is 2. The van der Waals surface area contributed by atoms with E-state index in [4.69, 9.17) is 0 Å². The largest absolute Gasteiger partial charge is 0.298 e. The van der Waals surface area contributed by atoms with Gasteiger partial charge in [-0.25, -0.2) is 13.1 Å². The zero-order chi connectivity index (χ0) is 17.2. The van der Waals surface area contributed by atoms with Crippen LogP contribution < -0.4 is 4.72 Å². The number of rotatable bonds is 6. The lowest BCUT2D eigenvalue weighted by Gasteiger charge is -2.17. The first kappa shape index (κ1) is 17.1. The van der Waals surface area contributed by atoms with Gasteiger partial charge in [-0.05, 0) is 30.2 Å². The molecule has 3 rings (SSSR count). The van der Waals surface area contributed by atoms with Crippen LogP contribution in [-0.2, 0) is 23.6 Å². The standard InChI is InChI=1S/C17H24N4O2S/c1-3-19-24(22,23)17-7-8-21(13-17)11-14-5-4-6-15(9-14)16-10-18-20(2)12-16/h4-6,9-10,12,17,19H,3,7-8,11,13H2,1-2H3. The van der Waals surface area contributed by atoms with E-state index in [1.165, 1.54) is 5.56 Å². The first-order valence-electron chi connectivity index (χ1n) is 8.26. The third kappa shape index (κ3) is 3.85. The maximum Gasteiger partial charge on any atom is 0.215 e. The number of hydrogen-bond acceptors (Lipinski definition) is 4. The summed E-state index contributed by atoms with van der Waals surface area (Å²) in [5.41, 5.74) is 3.42. The molecule has 0 bridgehead atoms. The van der Waals surface area contributed by atoms with Crippen LogP contribution in [0.15, 0.2) is 36.7 Å². The quantitative estimate of drug-likeness (QED) is 0.861. The summed E-state index contributed by atoms with van der Waals surface area (Å²) in [4.78, 5) is 2.21. The smallest absolute Gasteiger partial charge is 0.215 e. The van der Waals surface area contributed by atoms with E-state index < -0.39 is 10.0 Å². The monoisotopic (exact) mass is 348 g/mol. The second kappa shape index (κ2) is 7.04. The molecule has 1 saturated heterocycles. The molecule has 130 valence electrons. The average Bonchev–Trinajstić information content (AvgIpc) is 3.17. The summed E-state index contributed by atoms with van der Waals surface area (Å²) in [6, 6.07) is 8.36. The lowest BCUT2D eigenvalue weighted by molar-refractivity contribution is 0.331. The third-order valence-corrected chi connectivity index (χ3v) is 6.34. The van der Waals surface area contributed by atoms with Crippen molar-refractivity contribution in [3.63, 3.8) is 0 Å². The summed E-state index contributed by atoms with van der Waals surface area (Å²) < 4.78 is 28.7. The Labute approximate surface area is 143 Å². The second-order valence-electron chi connectivity index (χ2n) is 6.29.